The van der Waals surface area contributed by atoms with E-state index < -0.39 is 10.8 Å². The lowest BCUT2D eigenvalue weighted by Gasteiger charge is -2.31. The number of allylic oxidation sites excluding steroid dienone is 5. The Bertz CT molecular complexity index is 6730. The molecule has 2 nitrogen and oxygen atoms in total. The molecule has 22 rings (SSSR count). The second-order valence-electron chi connectivity index (χ2n) is 32.6. The molecule has 16 aromatic carbocycles. The van der Waals surface area contributed by atoms with Crippen molar-refractivity contribution in [3.05, 3.63) is 461 Å². The Hall–Kier alpha value is -13.7. The van der Waals surface area contributed by atoms with Crippen molar-refractivity contribution < 1.29 is 0 Å². The molecule has 0 saturated heterocycles. The molecule has 2 heteroatoms. The van der Waals surface area contributed by atoms with E-state index in [1.807, 2.05) is 6.08 Å². The van der Waals surface area contributed by atoms with E-state index in [0.717, 1.165) is 39.7 Å². The van der Waals surface area contributed by atoms with Crippen LogP contribution in [0.25, 0.3) is 106 Å². The van der Waals surface area contributed by atoms with Crippen molar-refractivity contribution in [2.24, 2.45) is 0 Å². The molecule has 2 atom stereocenters. The summed E-state index contributed by atoms with van der Waals surface area (Å²) >= 11 is 0. The van der Waals surface area contributed by atoms with Crippen LogP contribution in [0.5, 0.6) is 0 Å². The molecule has 2 unspecified atom stereocenters. The highest BCUT2D eigenvalue weighted by atomic mass is 15.1. The van der Waals surface area contributed by atoms with E-state index in [0.29, 0.717) is 0 Å². The Labute approximate surface area is 662 Å². The minimum atomic E-state index is -0.575. The summed E-state index contributed by atoms with van der Waals surface area (Å²) in [7, 11) is 0. The van der Waals surface area contributed by atoms with Crippen molar-refractivity contribution in [3.8, 4) is 100 Å². The maximum absolute atomic E-state index is 4.06. The first-order valence-electron chi connectivity index (χ1n) is 39.8. The number of fused-ring (bicyclic) bond motifs is 23. The van der Waals surface area contributed by atoms with Crippen LogP contribution in [-0.2, 0) is 21.7 Å². The molecule has 0 saturated carbocycles. The van der Waals surface area contributed by atoms with Crippen molar-refractivity contribution in [1.82, 2.24) is 0 Å². The van der Waals surface area contributed by atoms with Gasteiger partial charge in [0.15, 0.2) is 0 Å². The van der Waals surface area contributed by atoms with Gasteiger partial charge in [0.1, 0.15) is 0 Å². The average Bonchev–Trinajstić information content (AvgIpc) is 1.35. The fourth-order valence-electron chi connectivity index (χ4n) is 21.1. The van der Waals surface area contributed by atoms with E-state index in [-0.39, 0.29) is 10.8 Å². The van der Waals surface area contributed by atoms with Crippen molar-refractivity contribution >= 4 is 39.7 Å². The Morgan fingerprint density at radius 3 is 0.858 bits per heavy atom. The molecule has 534 valence electrons. The van der Waals surface area contributed by atoms with Gasteiger partial charge >= 0.3 is 0 Å². The molecule has 2 spiro atoms. The Kier molecular flexibility index (Phi) is 14.6. The van der Waals surface area contributed by atoms with E-state index in [9.17, 15) is 0 Å². The number of nitrogens with zero attached hydrogens (tertiary/aromatic N) is 2. The molecule has 0 N–H and O–H groups in total. The third-order valence-electron chi connectivity index (χ3n) is 26.4. The van der Waals surface area contributed by atoms with E-state index in [1.54, 1.807) is 0 Å². The standard InChI is InChI=1S/C111H80N2/c1-7-8-26-85-70(2)110(99-35-20-14-27-86(85)99)100-36-21-15-30-89(100)94-60-47-76(65-105(94)110)73-41-52-81(53-42-73)113(84-59-64-93-88-29-13-19-34-98(88)109(5,6)104(93)69-84)82-56-45-75(46-57-82)78-49-62-96-91-32-17-23-38-102(91)111(107(96)67-78)101-37-22-16-31-90(101)95-61-48-77(66-106(95)111)74-43-54-80(55-44-74)112(79-50-39-72(40-51-79)71-24-10-9-11-25-71)83-58-63-92-87-28-12-18-33-97(87)108(3,4)103(92)68-83/h7-69H,1H2,2-6H3/b26-8-. The summed E-state index contributed by atoms with van der Waals surface area (Å²) in [4.78, 5) is 4.90. The van der Waals surface area contributed by atoms with Gasteiger partial charge in [-0.05, 0) is 276 Å². The third kappa shape index (κ3) is 9.54. The van der Waals surface area contributed by atoms with Crippen LogP contribution in [0.15, 0.2) is 394 Å². The second kappa shape index (κ2) is 24.9. The SMILES string of the molecule is C=C/C=C\C1=C(C)C2(c3ccccc31)c1ccccc1-c1ccc(-c3ccc(N(c4ccc(-c5ccc6c(c5)C5(c7ccccc7-c7ccc(-c8ccc(N(c9ccc(-c%10ccccc%10)cc9)c9ccc%10c(c9)C(C)(C)c9ccccc9-%10)cc8)cc75)c5ccccc5-6)cc4)c4ccc5c(c4)C(C)(C)c4ccccc4-5)cc3)cc12. The van der Waals surface area contributed by atoms with Gasteiger partial charge in [-0.1, -0.05) is 325 Å². The van der Waals surface area contributed by atoms with Gasteiger partial charge in [0.05, 0.1) is 10.8 Å². The smallest absolute Gasteiger partial charge is 0.0725 e. The minimum absolute atomic E-state index is 0.148. The largest absolute Gasteiger partial charge is 0.310 e. The van der Waals surface area contributed by atoms with Crippen LogP contribution in [0.2, 0.25) is 0 Å². The van der Waals surface area contributed by atoms with Crippen molar-refractivity contribution in [1.29, 1.82) is 0 Å². The first-order valence-corrected chi connectivity index (χ1v) is 39.8. The summed E-state index contributed by atoms with van der Waals surface area (Å²) in [5, 5.41) is 0. The van der Waals surface area contributed by atoms with Crippen LogP contribution < -0.4 is 9.80 Å². The van der Waals surface area contributed by atoms with E-state index in [2.05, 4.69) is 427 Å². The molecule has 6 aliphatic carbocycles. The molecular weight excluding hydrogens is 1360 g/mol. The van der Waals surface area contributed by atoms with Crippen molar-refractivity contribution in [3.63, 3.8) is 0 Å². The van der Waals surface area contributed by atoms with Crippen molar-refractivity contribution in [2.45, 2.75) is 56.3 Å². The van der Waals surface area contributed by atoms with Crippen LogP contribution in [0.4, 0.5) is 34.1 Å². The zero-order valence-corrected chi connectivity index (χ0v) is 64.0. The van der Waals surface area contributed by atoms with E-state index >= 15 is 0 Å². The Morgan fingerprint density at radius 2 is 0.478 bits per heavy atom. The fraction of sp³-hybridized carbons (Fsp3) is 0.0811. The molecule has 0 radical (unpaired) electrons. The molecule has 0 bridgehead atoms. The monoisotopic (exact) mass is 1440 g/mol. The first kappa shape index (κ1) is 66.3. The number of anilines is 6. The highest BCUT2D eigenvalue weighted by molar-refractivity contribution is 6.00. The van der Waals surface area contributed by atoms with Gasteiger partial charge in [-0.3, -0.25) is 0 Å². The van der Waals surface area contributed by atoms with Crippen LogP contribution in [0.3, 0.4) is 0 Å². The number of hydrogen-bond donors (Lipinski definition) is 0. The van der Waals surface area contributed by atoms with Crippen molar-refractivity contribution in [2.75, 3.05) is 9.80 Å². The van der Waals surface area contributed by atoms with Crippen LogP contribution in [0.1, 0.15) is 101 Å². The van der Waals surface area contributed by atoms with Crippen LogP contribution >= 0.6 is 0 Å². The summed E-state index contributed by atoms with van der Waals surface area (Å²) < 4.78 is 0. The molecule has 0 aliphatic heterocycles. The minimum Gasteiger partial charge on any atom is -0.310 e. The quantitative estimate of drug-likeness (QED) is 0.113. The lowest BCUT2D eigenvalue weighted by Crippen LogP contribution is -2.26. The summed E-state index contributed by atoms with van der Waals surface area (Å²) in [6, 6.07) is 138. The second-order valence-corrected chi connectivity index (χ2v) is 32.6. The average molecular weight is 1440 g/mol. The molecule has 0 heterocycles. The first-order chi connectivity index (χ1) is 55.4. The van der Waals surface area contributed by atoms with Gasteiger partial charge in [0, 0.05) is 45.0 Å². The molecule has 16 aromatic rings. The molecule has 0 aromatic heterocycles. The Balaban J connectivity index is 0.630. The molecule has 6 aliphatic rings. The Morgan fingerprint density at radius 1 is 0.221 bits per heavy atom. The summed E-state index contributed by atoms with van der Waals surface area (Å²) in [6.07, 6.45) is 6.21. The lowest BCUT2D eigenvalue weighted by molar-refractivity contribution is 0.660. The molecular formula is C111H80N2. The highest BCUT2D eigenvalue weighted by Crippen LogP contribution is 2.66. The van der Waals surface area contributed by atoms with Gasteiger partial charge in [0.2, 0.25) is 0 Å². The maximum Gasteiger partial charge on any atom is 0.0725 e. The topological polar surface area (TPSA) is 6.48 Å². The summed E-state index contributed by atoms with van der Waals surface area (Å²) in [5.41, 5.74) is 46.3. The maximum atomic E-state index is 4.06. The number of benzene rings is 16. The molecule has 0 amide bonds. The van der Waals surface area contributed by atoms with Crippen LogP contribution in [0, 0.1) is 0 Å². The third-order valence-corrected chi connectivity index (χ3v) is 26.4. The predicted molar refractivity (Wildman–Crippen MR) is 473 cm³/mol. The van der Waals surface area contributed by atoms with Gasteiger partial charge in [-0.2, -0.15) is 0 Å². The van der Waals surface area contributed by atoms with Gasteiger partial charge in [-0.25, -0.2) is 0 Å². The molecule has 0 fully saturated rings. The lowest BCUT2D eigenvalue weighted by atomic mass is 9.70. The summed E-state index contributed by atoms with van der Waals surface area (Å²) in [6.45, 7) is 15.9. The normalized spacial score (nSPS) is 16.5. The fourth-order valence-corrected chi connectivity index (χ4v) is 21.1. The number of rotatable bonds is 12. The van der Waals surface area contributed by atoms with E-state index in [4.69, 9.17) is 0 Å². The van der Waals surface area contributed by atoms with E-state index in [1.165, 1.54) is 172 Å². The van der Waals surface area contributed by atoms with Gasteiger partial charge in [0.25, 0.3) is 0 Å². The highest BCUT2D eigenvalue weighted by Gasteiger charge is 2.53. The molecule has 113 heavy (non-hydrogen) atoms. The zero-order chi connectivity index (χ0) is 75.6. The van der Waals surface area contributed by atoms with Crippen LogP contribution in [-0.4, -0.2) is 0 Å². The predicted octanol–water partition coefficient (Wildman–Crippen LogP) is 29.1. The zero-order valence-electron chi connectivity index (χ0n) is 64.0. The summed E-state index contributed by atoms with van der Waals surface area (Å²) in [5.74, 6) is 0. The number of hydrogen-bond acceptors (Lipinski definition) is 2. The van der Waals surface area contributed by atoms with Gasteiger partial charge in [-0.15, -0.1) is 0 Å². The van der Waals surface area contributed by atoms with Gasteiger partial charge < -0.3 is 9.80 Å².